The van der Waals surface area contributed by atoms with E-state index in [4.69, 9.17) is 9.47 Å². The first kappa shape index (κ1) is 16.9. The summed E-state index contributed by atoms with van der Waals surface area (Å²) >= 11 is 3.50. The van der Waals surface area contributed by atoms with Crippen molar-refractivity contribution in [2.24, 2.45) is 0 Å². The van der Waals surface area contributed by atoms with Crippen LogP contribution in [0.3, 0.4) is 0 Å². The Bertz CT molecular complexity index is 410. The first-order valence-corrected chi connectivity index (χ1v) is 8.69. The van der Waals surface area contributed by atoms with Gasteiger partial charge in [-0.05, 0) is 37.6 Å². The Morgan fingerprint density at radius 1 is 1.24 bits per heavy atom. The summed E-state index contributed by atoms with van der Waals surface area (Å²) in [4.78, 5) is 0. The Morgan fingerprint density at radius 3 is 2.48 bits per heavy atom. The monoisotopic (exact) mass is 355 g/mol. The van der Waals surface area contributed by atoms with Crippen LogP contribution in [0.5, 0.6) is 0 Å². The molecule has 3 nitrogen and oxygen atoms in total. The van der Waals surface area contributed by atoms with E-state index in [1.54, 1.807) is 0 Å². The van der Waals surface area contributed by atoms with Gasteiger partial charge in [0.25, 0.3) is 0 Å². The highest BCUT2D eigenvalue weighted by molar-refractivity contribution is 9.10. The molecule has 0 radical (unpaired) electrons. The van der Waals surface area contributed by atoms with Crippen LogP contribution in [0, 0.1) is 0 Å². The van der Waals surface area contributed by atoms with Crippen molar-refractivity contribution in [1.82, 2.24) is 5.32 Å². The lowest BCUT2D eigenvalue weighted by Gasteiger charge is -2.43. The number of hydrogen-bond donors (Lipinski definition) is 1. The minimum atomic E-state index is -0.101. The van der Waals surface area contributed by atoms with Gasteiger partial charge in [-0.25, -0.2) is 0 Å². The summed E-state index contributed by atoms with van der Waals surface area (Å²) in [6, 6.07) is 8.92. The van der Waals surface area contributed by atoms with Gasteiger partial charge in [0, 0.05) is 43.2 Å². The lowest BCUT2D eigenvalue weighted by molar-refractivity contribution is -0.126. The van der Waals surface area contributed by atoms with Crippen molar-refractivity contribution < 1.29 is 9.47 Å². The summed E-state index contributed by atoms with van der Waals surface area (Å²) in [5.41, 5.74) is 1.24. The number of halogens is 1. The molecule has 1 unspecified atom stereocenters. The van der Waals surface area contributed by atoms with Gasteiger partial charge in [-0.15, -0.1) is 0 Å². The fourth-order valence-corrected chi connectivity index (χ4v) is 3.41. The minimum Gasteiger partial charge on any atom is -0.381 e. The molecule has 0 aliphatic carbocycles. The molecule has 1 aromatic carbocycles. The van der Waals surface area contributed by atoms with Crippen LogP contribution in [0.1, 0.15) is 32.3 Å². The first-order chi connectivity index (χ1) is 10.2. The highest BCUT2D eigenvalue weighted by Gasteiger charge is 2.40. The summed E-state index contributed by atoms with van der Waals surface area (Å²) in [6.07, 6.45) is 2.92. The Morgan fingerprint density at radius 2 is 1.90 bits per heavy atom. The van der Waals surface area contributed by atoms with Gasteiger partial charge in [0.2, 0.25) is 0 Å². The van der Waals surface area contributed by atoms with Crippen molar-refractivity contribution in [2.75, 3.05) is 26.4 Å². The molecule has 1 aliphatic heterocycles. The van der Waals surface area contributed by atoms with Crippen molar-refractivity contribution in [2.45, 2.75) is 44.8 Å². The summed E-state index contributed by atoms with van der Waals surface area (Å²) in [6.45, 7) is 7.54. The molecule has 0 bridgehead atoms. The summed E-state index contributed by atoms with van der Waals surface area (Å²) < 4.78 is 12.9. The van der Waals surface area contributed by atoms with E-state index in [1.165, 1.54) is 5.56 Å². The summed E-state index contributed by atoms with van der Waals surface area (Å²) in [7, 11) is 0. The maximum atomic E-state index is 6.23. The van der Waals surface area contributed by atoms with E-state index in [9.17, 15) is 0 Å². The zero-order valence-electron chi connectivity index (χ0n) is 13.0. The molecule has 1 atom stereocenters. The van der Waals surface area contributed by atoms with Gasteiger partial charge >= 0.3 is 0 Å². The largest absolute Gasteiger partial charge is 0.381 e. The van der Waals surface area contributed by atoms with Crippen molar-refractivity contribution >= 4 is 15.9 Å². The third-order valence-electron chi connectivity index (χ3n) is 4.21. The molecule has 1 aromatic rings. The third kappa shape index (κ3) is 4.52. The SMILES string of the molecule is CCNC(Cc1ccc(Br)cc1)C1(OCC)CCOCC1. The Hall–Kier alpha value is -0.420. The average molecular weight is 356 g/mol. The molecular formula is C17H26BrNO2. The lowest BCUT2D eigenvalue weighted by atomic mass is 9.82. The molecule has 4 heteroatoms. The Kier molecular flexibility index (Phi) is 6.68. The van der Waals surface area contributed by atoms with Crippen LogP contribution >= 0.6 is 15.9 Å². The molecule has 21 heavy (non-hydrogen) atoms. The van der Waals surface area contributed by atoms with E-state index < -0.39 is 0 Å². The second-order valence-electron chi connectivity index (χ2n) is 5.55. The van der Waals surface area contributed by atoms with E-state index in [0.717, 1.165) is 50.1 Å². The molecule has 0 aromatic heterocycles. The number of hydrogen-bond acceptors (Lipinski definition) is 3. The smallest absolute Gasteiger partial charge is 0.0881 e. The van der Waals surface area contributed by atoms with E-state index >= 15 is 0 Å². The topological polar surface area (TPSA) is 30.5 Å². The van der Waals surface area contributed by atoms with Gasteiger partial charge in [-0.3, -0.25) is 0 Å². The van der Waals surface area contributed by atoms with Crippen LogP contribution in [0.2, 0.25) is 0 Å². The summed E-state index contributed by atoms with van der Waals surface area (Å²) in [5, 5.41) is 3.65. The van der Waals surface area contributed by atoms with E-state index in [0.29, 0.717) is 6.04 Å². The van der Waals surface area contributed by atoms with Crippen molar-refractivity contribution in [3.05, 3.63) is 34.3 Å². The van der Waals surface area contributed by atoms with Gasteiger partial charge in [0.1, 0.15) is 0 Å². The van der Waals surface area contributed by atoms with Gasteiger partial charge in [0.05, 0.1) is 5.60 Å². The van der Waals surface area contributed by atoms with Crippen LogP contribution in [0.4, 0.5) is 0 Å². The molecule has 1 fully saturated rings. The molecule has 0 saturated carbocycles. The number of ether oxygens (including phenoxy) is 2. The number of likely N-dealkylation sites (N-methyl/N-ethyl adjacent to an activating group) is 1. The van der Waals surface area contributed by atoms with Crippen molar-refractivity contribution in [3.63, 3.8) is 0 Å². The fourth-order valence-electron chi connectivity index (χ4n) is 3.14. The zero-order valence-corrected chi connectivity index (χ0v) is 14.6. The average Bonchev–Trinajstić information content (AvgIpc) is 2.50. The molecule has 1 saturated heterocycles. The Labute approximate surface area is 136 Å². The first-order valence-electron chi connectivity index (χ1n) is 7.89. The minimum absolute atomic E-state index is 0.101. The van der Waals surface area contributed by atoms with Gasteiger partial charge < -0.3 is 14.8 Å². The second-order valence-corrected chi connectivity index (χ2v) is 6.47. The highest BCUT2D eigenvalue weighted by atomic mass is 79.9. The lowest BCUT2D eigenvalue weighted by Crippen LogP contribution is -2.56. The van der Waals surface area contributed by atoms with E-state index in [2.05, 4.69) is 59.4 Å². The van der Waals surface area contributed by atoms with E-state index in [1.807, 2.05) is 0 Å². The van der Waals surface area contributed by atoms with E-state index in [-0.39, 0.29) is 5.60 Å². The fraction of sp³-hybridized carbons (Fsp3) is 0.647. The van der Waals surface area contributed by atoms with Crippen LogP contribution in [-0.4, -0.2) is 38.0 Å². The van der Waals surface area contributed by atoms with Gasteiger partial charge in [0.15, 0.2) is 0 Å². The normalized spacial score (nSPS) is 19.4. The molecule has 1 heterocycles. The molecule has 2 rings (SSSR count). The van der Waals surface area contributed by atoms with Crippen molar-refractivity contribution in [3.8, 4) is 0 Å². The van der Waals surface area contributed by atoms with Crippen LogP contribution in [0.25, 0.3) is 0 Å². The molecule has 1 aliphatic rings. The number of nitrogens with one attached hydrogen (secondary N) is 1. The number of rotatable bonds is 7. The van der Waals surface area contributed by atoms with Crippen LogP contribution < -0.4 is 5.32 Å². The van der Waals surface area contributed by atoms with Crippen LogP contribution in [0.15, 0.2) is 28.7 Å². The number of benzene rings is 1. The molecule has 0 spiro atoms. The molecule has 1 N–H and O–H groups in total. The zero-order chi connectivity index (χ0) is 15.1. The van der Waals surface area contributed by atoms with Crippen LogP contribution in [-0.2, 0) is 15.9 Å². The van der Waals surface area contributed by atoms with Crippen molar-refractivity contribution in [1.29, 1.82) is 0 Å². The molecule has 0 amide bonds. The highest BCUT2D eigenvalue weighted by Crippen LogP contribution is 2.31. The quantitative estimate of drug-likeness (QED) is 0.811. The standard InChI is InChI=1S/C17H26BrNO2/c1-3-19-16(13-14-5-7-15(18)8-6-14)17(21-4-2)9-11-20-12-10-17/h5-8,16,19H,3-4,9-13H2,1-2H3. The maximum absolute atomic E-state index is 6.23. The van der Waals surface area contributed by atoms with Gasteiger partial charge in [-0.2, -0.15) is 0 Å². The maximum Gasteiger partial charge on any atom is 0.0881 e. The summed E-state index contributed by atoms with van der Waals surface area (Å²) in [5.74, 6) is 0. The third-order valence-corrected chi connectivity index (χ3v) is 4.74. The molecule has 118 valence electrons. The molecular weight excluding hydrogens is 330 g/mol. The Balaban J connectivity index is 2.16. The van der Waals surface area contributed by atoms with Gasteiger partial charge in [-0.1, -0.05) is 35.0 Å². The predicted octanol–water partition coefficient (Wildman–Crippen LogP) is 3.56. The second kappa shape index (κ2) is 8.28. The predicted molar refractivity (Wildman–Crippen MR) is 89.7 cm³/mol.